The van der Waals surface area contributed by atoms with Crippen molar-refractivity contribution in [2.24, 2.45) is 11.8 Å². The second-order valence-electron chi connectivity index (χ2n) is 10.6. The number of carbonyl (C=O) groups is 2. The number of thioether (sulfide) groups is 1. The summed E-state index contributed by atoms with van der Waals surface area (Å²) in [5, 5.41) is 24.8. The summed E-state index contributed by atoms with van der Waals surface area (Å²) in [5.41, 5.74) is 1.70. The normalized spacial score (nSPS) is 19.0. The average molecular weight is 629 g/mol. The first-order valence-corrected chi connectivity index (χ1v) is 15.7. The topological polar surface area (TPSA) is 130 Å². The number of aliphatic hydroxyl groups is 1. The minimum atomic E-state index is -0.478. The van der Waals surface area contributed by atoms with Crippen LogP contribution in [0.3, 0.4) is 0 Å². The molecule has 0 bridgehead atoms. The second-order valence-corrected chi connectivity index (χ2v) is 12.1. The molecule has 0 atom stereocenters. The molecular formula is C30H34ClFN6O4S. The Labute approximate surface area is 258 Å². The van der Waals surface area contributed by atoms with Crippen LogP contribution in [0.4, 0.5) is 21.6 Å². The van der Waals surface area contributed by atoms with Gasteiger partial charge in [0.15, 0.2) is 0 Å². The Morgan fingerprint density at radius 2 is 1.93 bits per heavy atom. The molecule has 2 aliphatic rings. The minimum Gasteiger partial charge on any atom is -0.466 e. The van der Waals surface area contributed by atoms with Gasteiger partial charge in [-0.15, -0.1) is 22.0 Å². The maximum atomic E-state index is 14.5. The molecule has 3 heterocycles. The number of ether oxygens (including phenoxy) is 1. The smallest absolute Gasteiger partial charge is 0.309 e. The van der Waals surface area contributed by atoms with E-state index in [9.17, 15) is 19.1 Å². The van der Waals surface area contributed by atoms with Crippen molar-refractivity contribution >= 4 is 52.4 Å². The van der Waals surface area contributed by atoms with Crippen LogP contribution < -0.4 is 10.6 Å². The van der Waals surface area contributed by atoms with E-state index in [0.29, 0.717) is 51.3 Å². The maximum Gasteiger partial charge on any atom is 0.309 e. The SMILES string of the molecule is CCOC(=O)C1CCN([C@H]2C[C@H](C(=O)Nc3cc(Nc4cc(-c5cc(Cl)ccc5F)nnc4SCCO)ccn3)C2)CC1. The Morgan fingerprint density at radius 3 is 2.67 bits per heavy atom. The molecular weight excluding hydrogens is 595 g/mol. The van der Waals surface area contributed by atoms with Gasteiger partial charge in [0, 0.05) is 46.2 Å². The molecule has 43 heavy (non-hydrogen) atoms. The van der Waals surface area contributed by atoms with E-state index in [-0.39, 0.29) is 35.9 Å². The van der Waals surface area contributed by atoms with Crippen LogP contribution in [0.5, 0.6) is 0 Å². The number of aliphatic hydroxyl groups excluding tert-OH is 1. The fraction of sp³-hybridized carbons (Fsp3) is 0.433. The number of amides is 1. The molecule has 1 aliphatic carbocycles. The molecule has 0 spiro atoms. The highest BCUT2D eigenvalue weighted by molar-refractivity contribution is 7.99. The maximum absolute atomic E-state index is 14.5. The number of hydrogen-bond donors (Lipinski definition) is 3. The van der Waals surface area contributed by atoms with Gasteiger partial charge in [-0.25, -0.2) is 9.37 Å². The Morgan fingerprint density at radius 1 is 1.14 bits per heavy atom. The largest absolute Gasteiger partial charge is 0.466 e. The highest BCUT2D eigenvalue weighted by Crippen LogP contribution is 2.36. The summed E-state index contributed by atoms with van der Waals surface area (Å²) in [6.45, 7) is 3.86. The third-order valence-corrected chi connectivity index (χ3v) is 8.93. The van der Waals surface area contributed by atoms with E-state index in [1.807, 2.05) is 6.92 Å². The van der Waals surface area contributed by atoms with Gasteiger partial charge in [-0.05, 0) is 76.0 Å². The fourth-order valence-corrected chi connectivity index (χ4v) is 6.19. The van der Waals surface area contributed by atoms with E-state index in [1.165, 1.54) is 30.0 Å². The van der Waals surface area contributed by atoms with Crippen LogP contribution in [-0.4, -0.2) is 75.2 Å². The van der Waals surface area contributed by atoms with Crippen LogP contribution in [0.25, 0.3) is 11.3 Å². The lowest BCUT2D eigenvalue weighted by Gasteiger charge is -2.44. The molecule has 1 aliphatic heterocycles. The van der Waals surface area contributed by atoms with Crippen LogP contribution in [-0.2, 0) is 14.3 Å². The van der Waals surface area contributed by atoms with Crippen molar-refractivity contribution in [1.82, 2.24) is 20.1 Å². The number of esters is 1. The Bertz CT molecular complexity index is 1450. The summed E-state index contributed by atoms with van der Waals surface area (Å²) in [7, 11) is 0. The van der Waals surface area contributed by atoms with Crippen LogP contribution >= 0.6 is 23.4 Å². The van der Waals surface area contributed by atoms with Crippen molar-refractivity contribution in [3.05, 3.63) is 53.4 Å². The van der Waals surface area contributed by atoms with Gasteiger partial charge in [-0.2, -0.15) is 0 Å². The Kier molecular flexibility index (Phi) is 10.4. The van der Waals surface area contributed by atoms with E-state index < -0.39 is 5.82 Å². The van der Waals surface area contributed by atoms with Crippen LogP contribution in [0, 0.1) is 17.7 Å². The standard InChI is InChI=1S/C30H34ClFN6O4S/c1-2-42-30(41)18-6-9-38(10-7-18)22-13-19(14-22)28(40)35-27-16-21(5-8-33-27)34-26-17-25(36-37-29(26)43-12-11-39)23-15-20(31)3-4-24(23)32/h3-5,8,15-19,22,39H,2,6-7,9-14H2,1H3,(H2,33,34,35,36,40)/t19-,22-. The van der Waals surface area contributed by atoms with Crippen molar-refractivity contribution < 1.29 is 23.8 Å². The number of nitrogens with one attached hydrogen (secondary N) is 2. The number of hydrogen-bond acceptors (Lipinski definition) is 10. The summed E-state index contributed by atoms with van der Waals surface area (Å²) < 4.78 is 19.7. The van der Waals surface area contributed by atoms with Crippen molar-refractivity contribution in [3.8, 4) is 11.3 Å². The molecule has 13 heteroatoms. The number of likely N-dealkylation sites (tertiary alicyclic amines) is 1. The highest BCUT2D eigenvalue weighted by Gasteiger charge is 2.40. The lowest BCUT2D eigenvalue weighted by Crippen LogP contribution is -2.51. The Balaban J connectivity index is 1.20. The predicted octanol–water partition coefficient (Wildman–Crippen LogP) is 5.15. The summed E-state index contributed by atoms with van der Waals surface area (Å²) >= 11 is 7.39. The molecule has 10 nitrogen and oxygen atoms in total. The number of benzene rings is 1. The molecule has 0 unspecified atom stereocenters. The molecule has 2 fully saturated rings. The molecule has 3 aromatic rings. The number of aromatic nitrogens is 3. The molecule has 2 aromatic heterocycles. The van der Waals surface area contributed by atoms with Gasteiger partial charge >= 0.3 is 5.97 Å². The first kappa shape index (κ1) is 31.1. The van der Waals surface area contributed by atoms with Gasteiger partial charge in [0.05, 0.1) is 30.5 Å². The van der Waals surface area contributed by atoms with Gasteiger partial charge in [-0.1, -0.05) is 11.6 Å². The van der Waals surface area contributed by atoms with E-state index >= 15 is 0 Å². The van der Waals surface area contributed by atoms with Gasteiger partial charge in [0.1, 0.15) is 16.7 Å². The highest BCUT2D eigenvalue weighted by atomic mass is 35.5. The molecule has 1 amide bonds. The first-order valence-electron chi connectivity index (χ1n) is 14.4. The monoisotopic (exact) mass is 628 g/mol. The molecule has 1 saturated carbocycles. The summed E-state index contributed by atoms with van der Waals surface area (Å²) in [6.07, 6.45) is 4.70. The van der Waals surface area contributed by atoms with E-state index in [0.717, 1.165) is 38.8 Å². The van der Waals surface area contributed by atoms with Crippen LogP contribution in [0.2, 0.25) is 5.02 Å². The fourth-order valence-electron chi connectivity index (χ4n) is 5.37. The van der Waals surface area contributed by atoms with Crippen molar-refractivity contribution in [3.63, 3.8) is 0 Å². The minimum absolute atomic E-state index is 0.0285. The number of anilines is 3. The molecule has 1 aromatic carbocycles. The zero-order chi connectivity index (χ0) is 30.3. The number of rotatable bonds is 11. The summed E-state index contributed by atoms with van der Waals surface area (Å²) in [6, 6.07) is 9.70. The second kappa shape index (κ2) is 14.4. The van der Waals surface area contributed by atoms with Crippen molar-refractivity contribution in [2.45, 2.75) is 43.7 Å². The number of halogens is 2. The average Bonchev–Trinajstić information content (AvgIpc) is 2.97. The number of pyridine rings is 1. The summed E-state index contributed by atoms with van der Waals surface area (Å²) in [4.78, 5) is 31.7. The lowest BCUT2D eigenvalue weighted by atomic mass is 9.77. The molecule has 1 saturated heterocycles. The van der Waals surface area contributed by atoms with Crippen molar-refractivity contribution in [1.29, 1.82) is 0 Å². The van der Waals surface area contributed by atoms with Gasteiger partial charge in [0.2, 0.25) is 5.91 Å². The zero-order valence-electron chi connectivity index (χ0n) is 23.8. The number of carbonyl (C=O) groups excluding carboxylic acids is 2. The van der Waals surface area contributed by atoms with E-state index in [4.69, 9.17) is 16.3 Å². The van der Waals surface area contributed by atoms with Crippen LogP contribution in [0.1, 0.15) is 32.6 Å². The number of piperidine rings is 1. The first-order chi connectivity index (χ1) is 20.8. The van der Waals surface area contributed by atoms with Gasteiger partial charge in [-0.3, -0.25) is 9.59 Å². The van der Waals surface area contributed by atoms with Crippen molar-refractivity contribution in [2.75, 3.05) is 42.7 Å². The molecule has 3 N–H and O–H groups in total. The van der Waals surface area contributed by atoms with Gasteiger partial charge in [0.25, 0.3) is 0 Å². The predicted molar refractivity (Wildman–Crippen MR) is 164 cm³/mol. The Hall–Kier alpha value is -3.32. The molecule has 5 rings (SSSR count). The number of nitrogens with zero attached hydrogens (tertiary/aromatic N) is 4. The van der Waals surface area contributed by atoms with E-state index in [1.54, 1.807) is 24.4 Å². The summed E-state index contributed by atoms with van der Waals surface area (Å²) in [5.74, 6) is 0.0119. The molecule has 0 radical (unpaired) electrons. The van der Waals surface area contributed by atoms with E-state index in [2.05, 4.69) is 30.7 Å². The van der Waals surface area contributed by atoms with Crippen LogP contribution in [0.15, 0.2) is 47.6 Å². The third-order valence-electron chi connectivity index (χ3n) is 7.73. The third kappa shape index (κ3) is 7.80. The van der Waals surface area contributed by atoms with Gasteiger partial charge < -0.3 is 25.4 Å². The molecule has 228 valence electrons. The lowest BCUT2D eigenvalue weighted by molar-refractivity contribution is -0.150. The quantitative estimate of drug-likeness (QED) is 0.194. The zero-order valence-corrected chi connectivity index (χ0v) is 25.3.